The van der Waals surface area contributed by atoms with Gasteiger partial charge in [-0.25, -0.2) is 0 Å². The number of methoxy groups -OCH3 is 1. The molecule has 0 fully saturated rings. The monoisotopic (exact) mass is 295 g/mol. The number of hydrogen-bond donors (Lipinski definition) is 2. The van der Waals surface area contributed by atoms with Gasteiger partial charge in [0, 0.05) is 12.6 Å². The van der Waals surface area contributed by atoms with Gasteiger partial charge in [0.2, 0.25) is 0 Å². The van der Waals surface area contributed by atoms with Gasteiger partial charge in [-0.15, -0.1) is 0 Å². The molecule has 2 aromatic rings. The van der Waals surface area contributed by atoms with Crippen LogP contribution in [0.15, 0.2) is 22.7 Å². The molecule has 0 aliphatic carbocycles. The molecular formula is C12H14BrN3O. The largest absolute Gasteiger partial charge is 0.496 e. The highest BCUT2D eigenvalue weighted by Gasteiger charge is 2.12. The summed E-state index contributed by atoms with van der Waals surface area (Å²) in [6.07, 6.45) is 0. The molecular weight excluding hydrogens is 282 g/mol. The molecule has 2 rings (SSSR count). The number of aromatic nitrogens is 2. The fourth-order valence-electron chi connectivity index (χ4n) is 1.76. The molecule has 0 radical (unpaired) electrons. The standard InChI is InChI=1S/C12H14BrN3O/c1-7-11(14-2)12(16-15-7)8-4-5-10(17-3)9(13)6-8/h4-6,14H,1-3H3,(H,15,16). The van der Waals surface area contributed by atoms with Gasteiger partial charge in [-0.1, -0.05) is 0 Å². The van der Waals surface area contributed by atoms with Crippen LogP contribution in [-0.4, -0.2) is 24.4 Å². The molecule has 1 aromatic carbocycles. The third kappa shape index (κ3) is 2.15. The van der Waals surface area contributed by atoms with Gasteiger partial charge in [-0.2, -0.15) is 5.10 Å². The predicted molar refractivity (Wildman–Crippen MR) is 72.6 cm³/mol. The van der Waals surface area contributed by atoms with Crippen molar-refractivity contribution in [2.45, 2.75) is 6.92 Å². The average Bonchev–Trinajstić information content (AvgIpc) is 2.70. The van der Waals surface area contributed by atoms with Crippen LogP contribution in [0.3, 0.4) is 0 Å². The van der Waals surface area contributed by atoms with Crippen molar-refractivity contribution in [3.05, 3.63) is 28.4 Å². The lowest BCUT2D eigenvalue weighted by Crippen LogP contribution is -1.92. The van der Waals surface area contributed by atoms with Crippen molar-refractivity contribution < 1.29 is 4.74 Å². The van der Waals surface area contributed by atoms with Crippen LogP contribution in [-0.2, 0) is 0 Å². The molecule has 4 nitrogen and oxygen atoms in total. The van der Waals surface area contributed by atoms with Crippen LogP contribution in [0.25, 0.3) is 11.3 Å². The molecule has 2 N–H and O–H groups in total. The maximum Gasteiger partial charge on any atom is 0.133 e. The van der Waals surface area contributed by atoms with Gasteiger partial charge >= 0.3 is 0 Å². The van der Waals surface area contributed by atoms with E-state index in [2.05, 4.69) is 31.4 Å². The van der Waals surface area contributed by atoms with E-state index >= 15 is 0 Å². The predicted octanol–water partition coefficient (Wildman–Crippen LogP) is 3.20. The maximum absolute atomic E-state index is 5.21. The number of anilines is 1. The Kier molecular flexibility index (Phi) is 3.38. The highest BCUT2D eigenvalue weighted by molar-refractivity contribution is 9.10. The number of aryl methyl sites for hydroxylation is 1. The third-order valence-electron chi connectivity index (χ3n) is 2.62. The number of halogens is 1. The van der Waals surface area contributed by atoms with E-state index in [9.17, 15) is 0 Å². The van der Waals surface area contributed by atoms with Crippen LogP contribution in [0.5, 0.6) is 5.75 Å². The Morgan fingerprint density at radius 1 is 1.41 bits per heavy atom. The van der Waals surface area contributed by atoms with E-state index < -0.39 is 0 Å². The van der Waals surface area contributed by atoms with Crippen LogP contribution in [0.1, 0.15) is 5.69 Å². The van der Waals surface area contributed by atoms with E-state index in [-0.39, 0.29) is 0 Å². The summed E-state index contributed by atoms with van der Waals surface area (Å²) in [6, 6.07) is 5.90. The third-order valence-corrected chi connectivity index (χ3v) is 3.24. The van der Waals surface area contributed by atoms with E-state index in [0.29, 0.717) is 0 Å². The molecule has 0 spiro atoms. The van der Waals surface area contributed by atoms with E-state index in [0.717, 1.165) is 32.9 Å². The summed E-state index contributed by atoms with van der Waals surface area (Å²) in [4.78, 5) is 0. The van der Waals surface area contributed by atoms with Gasteiger partial charge in [-0.3, -0.25) is 5.10 Å². The van der Waals surface area contributed by atoms with Crippen molar-refractivity contribution in [1.82, 2.24) is 10.2 Å². The summed E-state index contributed by atoms with van der Waals surface area (Å²) >= 11 is 3.47. The molecule has 0 aliphatic heterocycles. The van der Waals surface area contributed by atoms with Gasteiger partial charge < -0.3 is 10.1 Å². The number of hydrogen-bond acceptors (Lipinski definition) is 3. The highest BCUT2D eigenvalue weighted by Crippen LogP contribution is 2.33. The second kappa shape index (κ2) is 4.79. The Morgan fingerprint density at radius 3 is 2.76 bits per heavy atom. The van der Waals surface area contributed by atoms with Gasteiger partial charge in [0.25, 0.3) is 0 Å². The maximum atomic E-state index is 5.21. The Labute approximate surface area is 109 Å². The Bertz CT molecular complexity index is 537. The second-order valence-corrected chi connectivity index (χ2v) is 4.53. The SMILES string of the molecule is CNc1c(-c2ccc(OC)c(Br)c2)n[nH]c1C. The van der Waals surface area contributed by atoms with Crippen molar-refractivity contribution in [2.75, 3.05) is 19.5 Å². The zero-order chi connectivity index (χ0) is 12.4. The van der Waals surface area contributed by atoms with Crippen molar-refractivity contribution in [3.63, 3.8) is 0 Å². The topological polar surface area (TPSA) is 49.9 Å². The van der Waals surface area contributed by atoms with Crippen LogP contribution in [0.4, 0.5) is 5.69 Å². The lowest BCUT2D eigenvalue weighted by Gasteiger charge is -2.06. The van der Waals surface area contributed by atoms with Gasteiger partial charge in [0.15, 0.2) is 0 Å². The van der Waals surface area contributed by atoms with Crippen molar-refractivity contribution in [2.24, 2.45) is 0 Å². The number of ether oxygens (including phenoxy) is 1. The summed E-state index contributed by atoms with van der Waals surface area (Å²) in [7, 11) is 3.54. The summed E-state index contributed by atoms with van der Waals surface area (Å²) in [5.74, 6) is 0.812. The minimum atomic E-state index is 0.812. The lowest BCUT2D eigenvalue weighted by molar-refractivity contribution is 0.412. The Hall–Kier alpha value is -1.49. The van der Waals surface area contributed by atoms with Crippen LogP contribution < -0.4 is 10.1 Å². The zero-order valence-corrected chi connectivity index (χ0v) is 11.6. The molecule has 0 saturated carbocycles. The first-order valence-electron chi connectivity index (χ1n) is 5.24. The first-order valence-corrected chi connectivity index (χ1v) is 6.03. The van der Waals surface area contributed by atoms with Gasteiger partial charge in [0.05, 0.1) is 23.0 Å². The minimum Gasteiger partial charge on any atom is -0.496 e. The zero-order valence-electron chi connectivity index (χ0n) is 9.97. The molecule has 0 unspecified atom stereocenters. The van der Waals surface area contributed by atoms with E-state index in [1.807, 2.05) is 32.2 Å². The van der Waals surface area contributed by atoms with Crippen molar-refractivity contribution >= 4 is 21.6 Å². The lowest BCUT2D eigenvalue weighted by atomic mass is 10.1. The molecule has 0 saturated heterocycles. The number of rotatable bonds is 3. The number of benzene rings is 1. The quantitative estimate of drug-likeness (QED) is 0.914. The first kappa shape index (κ1) is 12.0. The molecule has 90 valence electrons. The molecule has 0 bridgehead atoms. The van der Waals surface area contributed by atoms with Gasteiger partial charge in [0.1, 0.15) is 11.4 Å². The molecule has 0 aliphatic rings. The molecule has 1 heterocycles. The number of aromatic amines is 1. The molecule has 0 atom stereocenters. The fraction of sp³-hybridized carbons (Fsp3) is 0.250. The highest BCUT2D eigenvalue weighted by atomic mass is 79.9. The number of nitrogens with one attached hydrogen (secondary N) is 2. The normalized spacial score (nSPS) is 10.4. The summed E-state index contributed by atoms with van der Waals surface area (Å²) in [5.41, 5.74) is 3.98. The minimum absolute atomic E-state index is 0.812. The molecule has 1 aromatic heterocycles. The number of nitrogens with zero attached hydrogens (tertiary/aromatic N) is 1. The number of H-pyrrole nitrogens is 1. The fourth-order valence-corrected chi connectivity index (χ4v) is 2.30. The second-order valence-electron chi connectivity index (χ2n) is 3.67. The average molecular weight is 296 g/mol. The van der Waals surface area contributed by atoms with Crippen LogP contribution >= 0.6 is 15.9 Å². The summed E-state index contributed by atoms with van der Waals surface area (Å²) < 4.78 is 6.12. The van der Waals surface area contributed by atoms with Crippen LogP contribution in [0, 0.1) is 6.92 Å². The Balaban J connectivity index is 2.49. The summed E-state index contributed by atoms with van der Waals surface area (Å²) in [5, 5.41) is 10.4. The molecule has 0 amide bonds. The summed E-state index contributed by atoms with van der Waals surface area (Å²) in [6.45, 7) is 1.99. The van der Waals surface area contributed by atoms with Gasteiger partial charge in [-0.05, 0) is 41.1 Å². The first-order chi connectivity index (χ1) is 8.17. The smallest absolute Gasteiger partial charge is 0.133 e. The van der Waals surface area contributed by atoms with Crippen molar-refractivity contribution in [3.8, 4) is 17.0 Å². The van der Waals surface area contributed by atoms with Crippen molar-refractivity contribution in [1.29, 1.82) is 0 Å². The molecule has 17 heavy (non-hydrogen) atoms. The van der Waals surface area contributed by atoms with Crippen LogP contribution in [0.2, 0.25) is 0 Å². The van der Waals surface area contributed by atoms with E-state index in [4.69, 9.17) is 4.74 Å². The van der Waals surface area contributed by atoms with E-state index in [1.165, 1.54) is 0 Å². The Morgan fingerprint density at radius 2 is 2.18 bits per heavy atom. The molecule has 5 heteroatoms. The van der Waals surface area contributed by atoms with E-state index in [1.54, 1.807) is 7.11 Å².